The molecule has 0 saturated carbocycles. The molecule has 100 valence electrons. The van der Waals surface area contributed by atoms with Gasteiger partial charge in [-0.15, -0.1) is 0 Å². The highest BCUT2D eigenvalue weighted by molar-refractivity contribution is 7.89. The van der Waals surface area contributed by atoms with Gasteiger partial charge in [0, 0.05) is 12.2 Å². The maximum atomic E-state index is 13.4. The molecule has 3 N–H and O–H groups in total. The zero-order valence-electron chi connectivity index (χ0n) is 8.75. The van der Waals surface area contributed by atoms with Gasteiger partial charge in [0.15, 0.2) is 0 Å². The Balaban J connectivity index is 2.57. The van der Waals surface area contributed by atoms with Crippen LogP contribution in [0.5, 0.6) is 0 Å². The van der Waals surface area contributed by atoms with E-state index in [1.807, 2.05) is 0 Å². The first-order valence-electron chi connectivity index (χ1n) is 4.77. The Kier molecular flexibility index (Phi) is 2.78. The second kappa shape index (κ2) is 3.82. The minimum atomic E-state index is -4.52. The van der Waals surface area contributed by atoms with Gasteiger partial charge in [-0.1, -0.05) is 0 Å². The molecule has 0 aliphatic carbocycles. The second-order valence-corrected chi connectivity index (χ2v) is 5.42. The lowest BCUT2D eigenvalue weighted by Crippen LogP contribution is -2.22. The molecular formula is C9H8F4N2O2S. The average Bonchev–Trinajstić information content (AvgIpc) is 2.56. The van der Waals surface area contributed by atoms with Crippen molar-refractivity contribution in [1.29, 1.82) is 0 Å². The quantitative estimate of drug-likeness (QED) is 0.768. The number of rotatable bonds is 1. The molecule has 1 aromatic carbocycles. The number of hydrogen-bond acceptors (Lipinski definition) is 3. The van der Waals surface area contributed by atoms with E-state index >= 15 is 0 Å². The van der Waals surface area contributed by atoms with Crippen LogP contribution < -0.4 is 10.5 Å². The van der Waals surface area contributed by atoms with Gasteiger partial charge in [0.05, 0.1) is 5.92 Å². The van der Waals surface area contributed by atoms with Crippen LogP contribution in [0.25, 0.3) is 0 Å². The van der Waals surface area contributed by atoms with Crippen LogP contribution >= 0.6 is 0 Å². The highest BCUT2D eigenvalue weighted by Gasteiger charge is 2.45. The summed E-state index contributed by atoms with van der Waals surface area (Å²) in [7, 11) is -4.30. The zero-order valence-corrected chi connectivity index (χ0v) is 9.57. The number of fused-ring (bicyclic) bond motifs is 1. The Hall–Kier alpha value is -1.35. The van der Waals surface area contributed by atoms with E-state index in [1.165, 1.54) is 0 Å². The van der Waals surface area contributed by atoms with Gasteiger partial charge in [-0.25, -0.2) is 17.9 Å². The summed E-state index contributed by atoms with van der Waals surface area (Å²) in [5.41, 5.74) is -0.379. The summed E-state index contributed by atoms with van der Waals surface area (Å²) in [6.45, 7) is -0.452. The van der Waals surface area contributed by atoms with E-state index in [4.69, 9.17) is 5.14 Å². The lowest BCUT2D eigenvalue weighted by molar-refractivity contribution is -0.145. The average molecular weight is 284 g/mol. The van der Waals surface area contributed by atoms with Crippen molar-refractivity contribution in [2.24, 2.45) is 5.14 Å². The Labute approximate surface area is 99.8 Å². The molecule has 2 rings (SSSR count). The number of sulfonamides is 1. The van der Waals surface area contributed by atoms with E-state index in [0.29, 0.717) is 6.07 Å². The first kappa shape index (κ1) is 13.1. The monoisotopic (exact) mass is 284 g/mol. The molecule has 1 unspecified atom stereocenters. The predicted octanol–water partition coefficient (Wildman–Crippen LogP) is 1.54. The van der Waals surface area contributed by atoms with Gasteiger partial charge in [-0.05, 0) is 17.7 Å². The molecule has 0 radical (unpaired) electrons. The smallest absolute Gasteiger partial charge is 0.384 e. The number of hydrogen-bond donors (Lipinski definition) is 2. The molecule has 0 bridgehead atoms. The van der Waals surface area contributed by atoms with E-state index in [9.17, 15) is 26.0 Å². The van der Waals surface area contributed by atoms with Gasteiger partial charge in [0.25, 0.3) is 0 Å². The van der Waals surface area contributed by atoms with Crippen LogP contribution in [0.1, 0.15) is 11.5 Å². The molecule has 1 atom stereocenters. The number of alkyl halides is 3. The number of nitrogens with two attached hydrogens (primary N) is 1. The zero-order chi connectivity index (χ0) is 13.7. The van der Waals surface area contributed by atoms with Crippen LogP contribution in [-0.4, -0.2) is 21.1 Å². The third-order valence-corrected chi connectivity index (χ3v) is 3.60. The van der Waals surface area contributed by atoms with E-state index in [1.54, 1.807) is 0 Å². The number of halogens is 4. The molecule has 0 saturated heterocycles. The summed E-state index contributed by atoms with van der Waals surface area (Å²) < 4.78 is 73.3. The van der Waals surface area contributed by atoms with Gasteiger partial charge in [0.1, 0.15) is 10.7 Å². The molecule has 9 heteroatoms. The van der Waals surface area contributed by atoms with Crippen molar-refractivity contribution < 1.29 is 26.0 Å². The normalized spacial score (nSPS) is 19.5. The maximum absolute atomic E-state index is 13.4. The molecule has 18 heavy (non-hydrogen) atoms. The fourth-order valence-electron chi connectivity index (χ4n) is 1.84. The molecule has 1 heterocycles. The van der Waals surface area contributed by atoms with E-state index in [-0.39, 0.29) is 11.3 Å². The van der Waals surface area contributed by atoms with Gasteiger partial charge in [0.2, 0.25) is 10.0 Å². The minimum absolute atomic E-state index is 0.0669. The van der Waals surface area contributed by atoms with E-state index in [0.717, 1.165) is 6.07 Å². The molecular weight excluding hydrogens is 276 g/mol. The topological polar surface area (TPSA) is 72.2 Å². The lowest BCUT2D eigenvalue weighted by Gasteiger charge is -2.14. The summed E-state index contributed by atoms with van der Waals surface area (Å²) in [4.78, 5) is -0.823. The van der Waals surface area contributed by atoms with Crippen molar-refractivity contribution in [3.63, 3.8) is 0 Å². The van der Waals surface area contributed by atoms with Crippen LogP contribution in [0.3, 0.4) is 0 Å². The molecule has 0 spiro atoms. The molecule has 1 aliphatic rings. The molecule has 4 nitrogen and oxygen atoms in total. The van der Waals surface area contributed by atoms with Crippen molar-refractivity contribution in [1.82, 2.24) is 0 Å². The molecule has 0 amide bonds. The van der Waals surface area contributed by atoms with Crippen LogP contribution in [0, 0.1) is 5.82 Å². The summed E-state index contributed by atoms with van der Waals surface area (Å²) in [5, 5.41) is 7.14. The molecule has 1 aliphatic heterocycles. The fraction of sp³-hybridized carbons (Fsp3) is 0.333. The first-order chi connectivity index (χ1) is 8.10. The van der Waals surface area contributed by atoms with Crippen LogP contribution in [0.2, 0.25) is 0 Å². The van der Waals surface area contributed by atoms with Crippen molar-refractivity contribution in [2.75, 3.05) is 11.9 Å². The van der Waals surface area contributed by atoms with Gasteiger partial charge in [-0.2, -0.15) is 13.2 Å². The number of primary sulfonamides is 1. The van der Waals surface area contributed by atoms with Gasteiger partial charge < -0.3 is 5.32 Å². The van der Waals surface area contributed by atoms with Crippen LogP contribution in [0.4, 0.5) is 23.2 Å². The first-order valence-corrected chi connectivity index (χ1v) is 6.32. The van der Waals surface area contributed by atoms with Crippen LogP contribution in [-0.2, 0) is 10.0 Å². The third-order valence-electron chi connectivity index (χ3n) is 2.68. The van der Waals surface area contributed by atoms with Crippen molar-refractivity contribution in [3.8, 4) is 0 Å². The van der Waals surface area contributed by atoms with Gasteiger partial charge in [-0.3, -0.25) is 0 Å². The summed E-state index contributed by atoms with van der Waals surface area (Å²) in [6.07, 6.45) is -4.52. The van der Waals surface area contributed by atoms with E-state index in [2.05, 4.69) is 5.32 Å². The fourth-order valence-corrected chi connectivity index (χ4v) is 2.46. The molecule has 0 fully saturated rings. The summed E-state index contributed by atoms with van der Waals surface area (Å²) >= 11 is 0. The van der Waals surface area contributed by atoms with Gasteiger partial charge >= 0.3 is 6.18 Å². The maximum Gasteiger partial charge on any atom is 0.397 e. The highest BCUT2D eigenvalue weighted by atomic mass is 32.2. The van der Waals surface area contributed by atoms with Crippen LogP contribution in [0.15, 0.2) is 17.0 Å². The number of benzene rings is 1. The largest absolute Gasteiger partial charge is 0.397 e. The van der Waals surface area contributed by atoms with Crippen molar-refractivity contribution >= 4 is 15.7 Å². The summed E-state index contributed by atoms with van der Waals surface area (Å²) in [5.74, 6) is -3.13. The number of anilines is 1. The minimum Gasteiger partial charge on any atom is -0.384 e. The predicted molar refractivity (Wildman–Crippen MR) is 55.1 cm³/mol. The Bertz CT molecular complexity index is 597. The Morgan fingerprint density at radius 2 is 1.94 bits per heavy atom. The second-order valence-electron chi connectivity index (χ2n) is 3.89. The van der Waals surface area contributed by atoms with Crippen molar-refractivity contribution in [3.05, 3.63) is 23.5 Å². The Morgan fingerprint density at radius 3 is 2.44 bits per heavy atom. The van der Waals surface area contributed by atoms with Crippen molar-refractivity contribution in [2.45, 2.75) is 17.0 Å². The number of nitrogens with one attached hydrogen (secondary N) is 1. The summed E-state index contributed by atoms with van der Waals surface area (Å²) in [6, 6.07) is 1.35. The lowest BCUT2D eigenvalue weighted by atomic mass is 10.0. The highest BCUT2D eigenvalue weighted by Crippen LogP contribution is 2.43. The SMILES string of the molecule is NS(=O)(=O)c1cc2c(cc1F)C(C(F)(F)F)CN2. The molecule has 0 aromatic heterocycles. The Morgan fingerprint density at radius 1 is 1.33 bits per heavy atom. The third kappa shape index (κ3) is 2.15. The van der Waals surface area contributed by atoms with E-state index < -0.39 is 39.4 Å². The standard InChI is InChI=1S/C9H8F4N2O2S/c10-6-1-4-5(9(11,12)13)3-15-7(4)2-8(6)18(14,16)17/h1-2,5,15H,3H2,(H2,14,16,17). The molecule has 1 aromatic rings.